The maximum atomic E-state index is 12.4. The lowest BCUT2D eigenvalue weighted by atomic mass is 9.99. The number of hydrogen-bond donors (Lipinski definition) is 4. The number of nitriles is 1. The normalized spacial score (nSPS) is 10.6. The summed E-state index contributed by atoms with van der Waals surface area (Å²) in [6.45, 7) is 2.78. The number of likely N-dealkylation sites (N-methyl/N-ethyl adjacent to an activating group) is 1. The lowest BCUT2D eigenvalue weighted by molar-refractivity contribution is -0.134. The summed E-state index contributed by atoms with van der Waals surface area (Å²) in [5.74, 6) is 0.00969. The lowest BCUT2D eigenvalue weighted by Crippen LogP contribution is -2.17. The number of amides is 1. The van der Waals surface area contributed by atoms with Gasteiger partial charge in [0, 0.05) is 58.7 Å². The zero-order valence-electron chi connectivity index (χ0n) is 23.2. The van der Waals surface area contributed by atoms with Crippen LogP contribution in [-0.4, -0.2) is 70.7 Å². The maximum Gasteiger partial charge on any atom is 0.328 e. The van der Waals surface area contributed by atoms with E-state index in [9.17, 15) is 19.6 Å². The van der Waals surface area contributed by atoms with Crippen molar-refractivity contribution in [3.8, 4) is 24.2 Å². The van der Waals surface area contributed by atoms with Crippen molar-refractivity contribution < 1.29 is 34.8 Å². The summed E-state index contributed by atoms with van der Waals surface area (Å²) in [4.78, 5) is 37.8. The molecule has 0 radical (unpaired) electrons. The lowest BCUT2D eigenvalue weighted by Gasteiger charge is -2.17. The minimum atomic E-state index is -1.26. The van der Waals surface area contributed by atoms with Gasteiger partial charge in [0.05, 0.1) is 23.4 Å². The molecule has 0 atom stereocenters. The van der Waals surface area contributed by atoms with E-state index in [-0.39, 0.29) is 5.48 Å². The van der Waals surface area contributed by atoms with E-state index in [0.717, 1.165) is 5.69 Å². The molecular formula is C30H31N5O7. The highest BCUT2D eigenvalue weighted by Crippen LogP contribution is 2.36. The minimum Gasteiger partial charge on any atom is -0.493 e. The number of pyridine rings is 1. The quantitative estimate of drug-likeness (QED) is 0.206. The fourth-order valence-electron chi connectivity index (χ4n) is 3.52. The molecule has 0 aliphatic rings. The molecule has 0 spiro atoms. The summed E-state index contributed by atoms with van der Waals surface area (Å²) < 4.78 is 5.82. The molecule has 12 nitrogen and oxygen atoms in total. The van der Waals surface area contributed by atoms with Gasteiger partial charge in [0.2, 0.25) is 5.91 Å². The van der Waals surface area contributed by atoms with Gasteiger partial charge >= 0.3 is 11.9 Å². The number of carboxylic acids is 2. The predicted octanol–water partition coefficient (Wildman–Crippen LogP) is 2.55. The number of carbonyl (C=O) groups excluding carboxylic acids is 1. The second-order valence-electron chi connectivity index (χ2n) is 8.56. The van der Waals surface area contributed by atoms with Gasteiger partial charge in [0.25, 0.3) is 0 Å². The Hall–Kier alpha value is -5.69. The number of ether oxygens (including phenoxy) is 1. The number of benzene rings is 2. The van der Waals surface area contributed by atoms with Crippen molar-refractivity contribution in [2.75, 3.05) is 32.6 Å². The average molecular weight is 574 g/mol. The number of hydrogen-bond acceptors (Lipinski definition) is 8. The number of anilines is 2. The number of nitrogens with zero attached hydrogens (tertiary/aromatic N) is 3. The minimum absolute atomic E-state index is 0. The highest BCUT2D eigenvalue weighted by molar-refractivity contribution is 6.20. The molecule has 2 aromatic carbocycles. The second kappa shape index (κ2) is 16.4. The first-order valence-corrected chi connectivity index (χ1v) is 12.1. The van der Waals surface area contributed by atoms with Gasteiger partial charge in [0.1, 0.15) is 11.8 Å². The topological polar surface area (TPSA) is 210 Å². The van der Waals surface area contributed by atoms with Crippen LogP contribution in [0.1, 0.15) is 23.6 Å². The van der Waals surface area contributed by atoms with E-state index in [2.05, 4.69) is 22.3 Å². The number of primary amides is 1. The monoisotopic (exact) mass is 573 g/mol. The molecular weight excluding hydrogens is 542 g/mol. The van der Waals surface area contributed by atoms with Crippen LogP contribution < -0.4 is 15.8 Å². The summed E-state index contributed by atoms with van der Waals surface area (Å²) in [5, 5.41) is 29.3. The Morgan fingerprint density at radius 1 is 1.17 bits per heavy atom. The molecule has 0 fully saturated rings. The summed E-state index contributed by atoms with van der Waals surface area (Å²) in [5.41, 5.74) is 9.54. The number of aromatic nitrogens is 1. The number of nitrogens with one attached hydrogen (secondary N) is 1. The van der Waals surface area contributed by atoms with Crippen LogP contribution in [0.25, 0.3) is 16.5 Å². The second-order valence-corrected chi connectivity index (χ2v) is 8.56. The van der Waals surface area contributed by atoms with Crippen molar-refractivity contribution in [3.05, 3.63) is 77.5 Å². The number of aliphatic carboxylic acids is 2. The first-order valence-electron chi connectivity index (χ1n) is 12.1. The van der Waals surface area contributed by atoms with Gasteiger partial charge in [-0.2, -0.15) is 5.26 Å². The number of nitrogens with two attached hydrogens (primary N) is 1. The van der Waals surface area contributed by atoms with Crippen LogP contribution >= 0.6 is 0 Å². The van der Waals surface area contributed by atoms with Crippen molar-refractivity contribution in [1.29, 1.82) is 5.26 Å². The zero-order valence-corrected chi connectivity index (χ0v) is 23.2. The Morgan fingerprint density at radius 2 is 1.83 bits per heavy atom. The van der Waals surface area contributed by atoms with Gasteiger partial charge < -0.3 is 36.4 Å². The van der Waals surface area contributed by atoms with E-state index in [1.807, 2.05) is 50.2 Å². The van der Waals surface area contributed by atoms with Crippen molar-refractivity contribution in [2.45, 2.75) is 6.92 Å². The van der Waals surface area contributed by atoms with E-state index in [1.165, 1.54) is 6.20 Å². The fourth-order valence-corrected chi connectivity index (χ4v) is 3.52. The largest absolute Gasteiger partial charge is 0.493 e. The first kappa shape index (κ1) is 34.3. The molecule has 0 aliphatic carbocycles. The van der Waals surface area contributed by atoms with Crippen molar-refractivity contribution in [1.82, 2.24) is 9.88 Å². The molecule has 12 heteroatoms. The van der Waals surface area contributed by atoms with Gasteiger partial charge in [-0.3, -0.25) is 9.78 Å². The number of fused-ring (bicyclic) bond motifs is 1. The third-order valence-electron chi connectivity index (χ3n) is 5.27. The zero-order chi connectivity index (χ0) is 30.5. The summed E-state index contributed by atoms with van der Waals surface area (Å²) in [6.07, 6.45) is 9.91. The van der Waals surface area contributed by atoms with Gasteiger partial charge in [-0.1, -0.05) is 18.1 Å². The standard InChI is InChI=1S/C26H25N5O2.C4H4O4.H2O/c1-5-17-8-7-9-19(12-17)30-25-18(15-27)16-29-23-14-24(33-6-2)21(13-22(23)25)20(26(28)32)10-11-31(3)4;5-3(6)1-2-4(7)8;/h1,7-10,12-14,16H,6,11H2,2-4H3,(H2,28,32)(H,29,30);1-2H,(H,5,6)(H,7,8);1H2/b;2-1-;. The third-order valence-corrected chi connectivity index (χ3v) is 5.27. The van der Waals surface area contributed by atoms with E-state index in [4.69, 9.17) is 27.1 Å². The van der Waals surface area contributed by atoms with E-state index in [1.54, 1.807) is 18.2 Å². The molecule has 0 aliphatic heterocycles. The Bertz CT molecular complexity index is 1580. The van der Waals surface area contributed by atoms with E-state index in [0.29, 0.717) is 69.9 Å². The number of terminal acetylenes is 1. The molecule has 1 aromatic heterocycles. The Morgan fingerprint density at radius 3 is 2.36 bits per heavy atom. The Balaban J connectivity index is 0.000000860. The third kappa shape index (κ3) is 9.81. The van der Waals surface area contributed by atoms with E-state index >= 15 is 0 Å². The highest BCUT2D eigenvalue weighted by atomic mass is 16.5. The molecule has 0 bridgehead atoms. The van der Waals surface area contributed by atoms with Crippen molar-refractivity contribution >= 4 is 45.7 Å². The molecule has 3 rings (SSSR count). The number of carbonyl (C=O) groups is 3. The van der Waals surface area contributed by atoms with Crippen LogP contribution in [0.2, 0.25) is 0 Å². The van der Waals surface area contributed by atoms with Crippen LogP contribution in [0, 0.1) is 23.7 Å². The summed E-state index contributed by atoms with van der Waals surface area (Å²) in [6, 6.07) is 13.0. The molecule has 42 heavy (non-hydrogen) atoms. The number of carboxylic acid groups (broad SMARTS) is 2. The molecule has 0 saturated heterocycles. The fraction of sp³-hybridized carbons (Fsp3) is 0.167. The molecule has 218 valence electrons. The van der Waals surface area contributed by atoms with Gasteiger partial charge in [0.15, 0.2) is 0 Å². The smallest absolute Gasteiger partial charge is 0.328 e. The first-order chi connectivity index (χ1) is 19.5. The molecule has 1 amide bonds. The van der Waals surface area contributed by atoms with Crippen LogP contribution in [0.15, 0.2) is 60.8 Å². The van der Waals surface area contributed by atoms with Gasteiger partial charge in [-0.15, -0.1) is 6.42 Å². The summed E-state index contributed by atoms with van der Waals surface area (Å²) >= 11 is 0. The van der Waals surface area contributed by atoms with Gasteiger partial charge in [-0.25, -0.2) is 9.59 Å². The van der Waals surface area contributed by atoms with Crippen LogP contribution in [0.4, 0.5) is 11.4 Å². The molecule has 0 unspecified atom stereocenters. The Kier molecular flexibility index (Phi) is 13.4. The van der Waals surface area contributed by atoms with Crippen molar-refractivity contribution in [3.63, 3.8) is 0 Å². The molecule has 0 saturated carbocycles. The Labute approximate surface area is 242 Å². The molecule has 7 N–H and O–H groups in total. The highest BCUT2D eigenvalue weighted by Gasteiger charge is 2.19. The van der Waals surface area contributed by atoms with Crippen LogP contribution in [0.5, 0.6) is 5.75 Å². The van der Waals surface area contributed by atoms with Gasteiger partial charge in [-0.05, 0) is 45.3 Å². The van der Waals surface area contributed by atoms with Crippen molar-refractivity contribution in [2.24, 2.45) is 5.73 Å². The summed E-state index contributed by atoms with van der Waals surface area (Å²) in [7, 11) is 3.79. The SMILES string of the molecule is C#Cc1cccc(Nc2c(C#N)cnc3cc(OCC)c(C(=CCN(C)C)C(N)=O)cc23)c1.O.O=C(O)/C=C\C(=O)O. The van der Waals surface area contributed by atoms with Crippen LogP contribution in [0.3, 0.4) is 0 Å². The average Bonchev–Trinajstić information content (AvgIpc) is 2.92. The molecule has 1 heterocycles. The predicted molar refractivity (Wildman–Crippen MR) is 159 cm³/mol. The molecule has 3 aromatic rings. The maximum absolute atomic E-state index is 12.4. The number of rotatable bonds is 10. The van der Waals surface area contributed by atoms with E-state index < -0.39 is 17.8 Å². The van der Waals surface area contributed by atoms with Crippen LogP contribution in [-0.2, 0) is 14.4 Å².